The van der Waals surface area contributed by atoms with Crippen molar-refractivity contribution in [2.45, 2.75) is 37.3 Å². The van der Waals surface area contributed by atoms with Gasteiger partial charge in [0, 0.05) is 17.0 Å². The van der Waals surface area contributed by atoms with Gasteiger partial charge in [0.15, 0.2) is 0 Å². The first kappa shape index (κ1) is 12.9. The molecule has 1 unspecified atom stereocenters. The number of nitrogens with zero attached hydrogens (tertiary/aromatic N) is 1. The van der Waals surface area contributed by atoms with E-state index in [1.165, 1.54) is 5.56 Å². The lowest BCUT2D eigenvalue weighted by Crippen LogP contribution is -2.42. The van der Waals surface area contributed by atoms with Gasteiger partial charge in [-0.3, -0.25) is 9.69 Å². The average molecular weight is 279 g/mol. The van der Waals surface area contributed by atoms with Gasteiger partial charge in [-0.1, -0.05) is 23.7 Å². The molecular weight excluding hydrogens is 260 g/mol. The molecule has 0 spiro atoms. The molecule has 3 atom stereocenters. The van der Waals surface area contributed by atoms with Crippen LogP contribution in [0.5, 0.6) is 0 Å². The van der Waals surface area contributed by atoms with Crippen LogP contribution in [0.4, 0.5) is 0 Å². The molecule has 1 N–H and O–H groups in total. The van der Waals surface area contributed by atoms with Crippen LogP contribution in [0.25, 0.3) is 0 Å². The van der Waals surface area contributed by atoms with E-state index in [9.17, 15) is 4.79 Å². The van der Waals surface area contributed by atoms with Crippen LogP contribution >= 0.6 is 11.6 Å². The number of benzene rings is 1. The predicted molar refractivity (Wildman–Crippen MR) is 76.4 cm³/mol. The highest BCUT2D eigenvalue weighted by atomic mass is 35.5. The van der Waals surface area contributed by atoms with Crippen molar-refractivity contribution in [3.05, 3.63) is 34.9 Å². The molecule has 2 aliphatic rings. The third-order valence-corrected chi connectivity index (χ3v) is 4.45. The summed E-state index contributed by atoms with van der Waals surface area (Å²) in [6.07, 6.45) is 3.14. The molecule has 1 saturated carbocycles. The average Bonchev–Trinajstić information content (AvgIpc) is 3.00. The second-order valence-electron chi connectivity index (χ2n) is 5.65. The smallest absolute Gasteiger partial charge is 0.237 e. The van der Waals surface area contributed by atoms with E-state index in [0.29, 0.717) is 12.0 Å². The number of nitrogens with one attached hydrogen (secondary N) is 1. The number of hydrogen-bond donors (Lipinski definition) is 1. The largest absolute Gasteiger partial charge is 0.351 e. The molecule has 102 valence electrons. The maximum absolute atomic E-state index is 12.2. The normalized spacial score (nSPS) is 30.3. The monoisotopic (exact) mass is 278 g/mol. The lowest BCUT2D eigenvalue weighted by Gasteiger charge is -2.18. The molecule has 1 aromatic carbocycles. The van der Waals surface area contributed by atoms with Crippen LogP contribution in [-0.2, 0) is 4.79 Å². The molecule has 3 rings (SSSR count). The van der Waals surface area contributed by atoms with Crippen molar-refractivity contribution < 1.29 is 4.79 Å². The molecule has 1 saturated heterocycles. The highest BCUT2D eigenvalue weighted by Gasteiger charge is 2.41. The molecule has 1 heterocycles. The van der Waals surface area contributed by atoms with E-state index in [4.69, 9.17) is 11.6 Å². The van der Waals surface area contributed by atoms with E-state index in [2.05, 4.69) is 16.3 Å². The Labute approximate surface area is 118 Å². The number of likely N-dealkylation sites (tertiary alicyclic amines) is 1. The maximum atomic E-state index is 12.2. The van der Waals surface area contributed by atoms with E-state index in [1.54, 1.807) is 0 Å². The summed E-state index contributed by atoms with van der Waals surface area (Å²) in [5, 5.41) is 3.94. The fourth-order valence-corrected chi connectivity index (χ4v) is 3.18. The second-order valence-corrected chi connectivity index (χ2v) is 6.09. The van der Waals surface area contributed by atoms with Gasteiger partial charge in [-0.2, -0.15) is 0 Å². The standard InChI is InChI=1S/C15H19ClN2O/c1-18-7-3-6-14(18)15(19)17-13-9-12(13)10-4-2-5-11(16)8-10/h2,4-5,8,12-14H,3,6-7,9H2,1H3,(H,17,19)/t12-,13+,14?/m0/s1. The molecule has 1 amide bonds. The van der Waals surface area contributed by atoms with Crippen molar-refractivity contribution in [3.8, 4) is 0 Å². The van der Waals surface area contributed by atoms with Crippen molar-refractivity contribution in [2.75, 3.05) is 13.6 Å². The third kappa shape index (κ3) is 2.77. The minimum absolute atomic E-state index is 0.0700. The van der Waals surface area contributed by atoms with Crippen molar-refractivity contribution in [1.82, 2.24) is 10.2 Å². The molecule has 2 fully saturated rings. The highest BCUT2D eigenvalue weighted by Crippen LogP contribution is 2.41. The summed E-state index contributed by atoms with van der Waals surface area (Å²) in [5.74, 6) is 0.629. The maximum Gasteiger partial charge on any atom is 0.237 e. The number of hydrogen-bond acceptors (Lipinski definition) is 2. The van der Waals surface area contributed by atoms with Gasteiger partial charge >= 0.3 is 0 Å². The Hall–Kier alpha value is -1.06. The zero-order valence-corrected chi connectivity index (χ0v) is 11.9. The van der Waals surface area contributed by atoms with Crippen LogP contribution in [0.1, 0.15) is 30.7 Å². The molecule has 3 nitrogen and oxygen atoms in total. The van der Waals surface area contributed by atoms with E-state index in [0.717, 1.165) is 30.8 Å². The molecule has 0 aromatic heterocycles. The first-order chi connectivity index (χ1) is 9.15. The highest BCUT2D eigenvalue weighted by molar-refractivity contribution is 6.30. The Morgan fingerprint density at radius 3 is 3.00 bits per heavy atom. The van der Waals surface area contributed by atoms with Gasteiger partial charge in [0.2, 0.25) is 5.91 Å². The minimum Gasteiger partial charge on any atom is -0.351 e. The molecule has 0 bridgehead atoms. The van der Waals surface area contributed by atoms with Gasteiger partial charge in [-0.25, -0.2) is 0 Å². The minimum atomic E-state index is 0.0700. The number of amides is 1. The van der Waals surface area contributed by atoms with Crippen LogP contribution < -0.4 is 5.32 Å². The molecule has 1 aliphatic heterocycles. The summed E-state index contributed by atoms with van der Waals surface area (Å²) in [5.41, 5.74) is 1.23. The molecule has 4 heteroatoms. The zero-order valence-electron chi connectivity index (χ0n) is 11.1. The Balaban J connectivity index is 1.57. The van der Waals surface area contributed by atoms with E-state index >= 15 is 0 Å². The summed E-state index contributed by atoms with van der Waals surface area (Å²) in [7, 11) is 2.03. The number of rotatable bonds is 3. The Bertz CT molecular complexity index is 491. The second kappa shape index (κ2) is 5.14. The molecule has 19 heavy (non-hydrogen) atoms. The first-order valence-corrected chi connectivity index (χ1v) is 7.29. The third-order valence-electron chi connectivity index (χ3n) is 4.22. The van der Waals surface area contributed by atoms with E-state index in [1.807, 2.05) is 25.2 Å². The van der Waals surface area contributed by atoms with Crippen LogP contribution in [0.3, 0.4) is 0 Å². The lowest BCUT2D eigenvalue weighted by atomic mass is 10.1. The van der Waals surface area contributed by atoms with Gasteiger partial charge in [-0.05, 0) is 50.6 Å². The first-order valence-electron chi connectivity index (χ1n) is 6.91. The Kier molecular flexibility index (Phi) is 3.50. The van der Waals surface area contributed by atoms with Gasteiger partial charge in [0.25, 0.3) is 0 Å². The predicted octanol–water partition coefficient (Wildman–Crippen LogP) is 2.41. The Morgan fingerprint density at radius 1 is 1.47 bits per heavy atom. The SMILES string of the molecule is CN1CCCC1C(=O)N[C@@H]1C[C@H]1c1cccc(Cl)c1. The lowest BCUT2D eigenvalue weighted by molar-refractivity contribution is -0.125. The summed E-state index contributed by atoms with van der Waals surface area (Å²) in [4.78, 5) is 14.3. The van der Waals surface area contributed by atoms with Crippen molar-refractivity contribution in [1.29, 1.82) is 0 Å². The molecule has 1 aliphatic carbocycles. The fourth-order valence-electron chi connectivity index (χ4n) is 2.98. The molecule has 0 radical (unpaired) electrons. The molecular formula is C15H19ClN2O. The van der Waals surface area contributed by atoms with Crippen LogP contribution in [0.15, 0.2) is 24.3 Å². The number of carbonyl (C=O) groups excluding carboxylic acids is 1. The van der Waals surface area contributed by atoms with Gasteiger partial charge in [0.1, 0.15) is 0 Å². The van der Waals surface area contributed by atoms with Gasteiger partial charge in [-0.15, -0.1) is 0 Å². The summed E-state index contributed by atoms with van der Waals surface area (Å²) >= 11 is 6.00. The number of likely N-dealkylation sites (N-methyl/N-ethyl adjacent to an activating group) is 1. The quantitative estimate of drug-likeness (QED) is 0.921. The number of halogens is 1. The fraction of sp³-hybridized carbons (Fsp3) is 0.533. The van der Waals surface area contributed by atoms with Crippen molar-refractivity contribution in [3.63, 3.8) is 0 Å². The summed E-state index contributed by atoms with van der Waals surface area (Å²) in [6, 6.07) is 8.30. The topological polar surface area (TPSA) is 32.3 Å². The van der Waals surface area contributed by atoms with Crippen molar-refractivity contribution in [2.24, 2.45) is 0 Å². The summed E-state index contributed by atoms with van der Waals surface area (Å²) < 4.78 is 0. The van der Waals surface area contributed by atoms with Gasteiger partial charge in [0.05, 0.1) is 6.04 Å². The number of carbonyl (C=O) groups is 1. The van der Waals surface area contributed by atoms with Crippen LogP contribution in [-0.4, -0.2) is 36.5 Å². The van der Waals surface area contributed by atoms with Crippen molar-refractivity contribution >= 4 is 17.5 Å². The van der Waals surface area contributed by atoms with Gasteiger partial charge < -0.3 is 5.32 Å². The van der Waals surface area contributed by atoms with E-state index in [-0.39, 0.29) is 11.9 Å². The summed E-state index contributed by atoms with van der Waals surface area (Å²) in [6.45, 7) is 1.03. The van der Waals surface area contributed by atoms with E-state index < -0.39 is 0 Å². The molecule has 1 aromatic rings. The van der Waals surface area contributed by atoms with Crippen LogP contribution in [0, 0.1) is 0 Å². The zero-order chi connectivity index (χ0) is 13.4. The Morgan fingerprint density at radius 2 is 2.32 bits per heavy atom. The van der Waals surface area contributed by atoms with Crippen LogP contribution in [0.2, 0.25) is 5.02 Å².